The van der Waals surface area contributed by atoms with Crippen LogP contribution in [0.3, 0.4) is 0 Å². The van der Waals surface area contributed by atoms with Crippen LogP contribution < -0.4 is 10.2 Å². The largest absolute Gasteiger partial charge is 0.497 e. The van der Waals surface area contributed by atoms with E-state index < -0.39 is 0 Å². The fraction of sp³-hybridized carbons (Fsp3) is 0.0625. The molecule has 4 rings (SSSR count). The molecule has 0 saturated heterocycles. The minimum Gasteiger partial charge on any atom is -0.497 e. The van der Waals surface area contributed by atoms with Crippen molar-refractivity contribution in [3.8, 4) is 5.75 Å². The number of ether oxygens (including phenoxy) is 1. The number of halogens is 1. The van der Waals surface area contributed by atoms with Crippen molar-refractivity contribution >= 4 is 43.1 Å². The predicted molar refractivity (Wildman–Crippen MR) is 84.1 cm³/mol. The summed E-state index contributed by atoms with van der Waals surface area (Å²) in [7, 11) is 1.62. The van der Waals surface area contributed by atoms with E-state index in [4.69, 9.17) is 4.74 Å². The lowest BCUT2D eigenvalue weighted by Gasteiger charge is -2.03. The van der Waals surface area contributed by atoms with Gasteiger partial charge in [-0.2, -0.15) is 0 Å². The third-order valence-corrected chi connectivity index (χ3v) is 4.20. The molecule has 98 valence electrons. The summed E-state index contributed by atoms with van der Waals surface area (Å²) in [5, 5.41) is 2.84. The smallest absolute Gasteiger partial charge is 0.189 e. The van der Waals surface area contributed by atoms with E-state index in [1.54, 1.807) is 19.2 Å². The summed E-state index contributed by atoms with van der Waals surface area (Å²) >= 11 is 3.50. The van der Waals surface area contributed by atoms with Crippen molar-refractivity contribution in [1.29, 1.82) is 0 Å². The first-order valence-corrected chi connectivity index (χ1v) is 7.02. The summed E-state index contributed by atoms with van der Waals surface area (Å²) in [6.07, 6.45) is 1.83. The van der Waals surface area contributed by atoms with Gasteiger partial charge in [-0.25, -0.2) is 0 Å². The molecule has 0 aliphatic carbocycles. The maximum absolute atomic E-state index is 12.1. The van der Waals surface area contributed by atoms with E-state index in [0.29, 0.717) is 11.1 Å². The van der Waals surface area contributed by atoms with E-state index in [9.17, 15) is 4.79 Å². The number of hydrogen-bond donors (Lipinski definition) is 0. The SMILES string of the molecule is COc1cc2c(=O)ccn3c4cc(Br)ccc4c(c1)c23. The van der Waals surface area contributed by atoms with Gasteiger partial charge >= 0.3 is 0 Å². The summed E-state index contributed by atoms with van der Waals surface area (Å²) in [5.74, 6) is 0.707. The molecular formula is C16H10BrNO2. The summed E-state index contributed by atoms with van der Waals surface area (Å²) in [5.41, 5.74) is 2.04. The molecule has 0 aliphatic rings. The molecule has 20 heavy (non-hydrogen) atoms. The van der Waals surface area contributed by atoms with Crippen molar-refractivity contribution in [2.45, 2.75) is 0 Å². The van der Waals surface area contributed by atoms with Crippen molar-refractivity contribution < 1.29 is 4.74 Å². The molecule has 0 fully saturated rings. The normalized spacial score (nSPS) is 11.7. The first-order chi connectivity index (χ1) is 9.69. The van der Waals surface area contributed by atoms with Crippen LogP contribution >= 0.6 is 15.9 Å². The molecule has 4 heteroatoms. The van der Waals surface area contributed by atoms with Crippen LogP contribution in [0, 0.1) is 0 Å². The molecule has 0 radical (unpaired) electrons. The van der Waals surface area contributed by atoms with Crippen molar-refractivity contribution in [2.75, 3.05) is 7.11 Å². The van der Waals surface area contributed by atoms with Gasteiger partial charge in [0, 0.05) is 27.5 Å². The first kappa shape index (κ1) is 11.7. The van der Waals surface area contributed by atoms with Gasteiger partial charge in [0.25, 0.3) is 0 Å². The number of methoxy groups -OCH3 is 1. The lowest BCUT2D eigenvalue weighted by atomic mass is 10.1. The summed E-state index contributed by atoms with van der Waals surface area (Å²) in [6, 6.07) is 11.5. The molecule has 2 aromatic heterocycles. The molecule has 3 nitrogen and oxygen atoms in total. The lowest BCUT2D eigenvalue weighted by molar-refractivity contribution is 0.416. The Hall–Kier alpha value is -2.07. The number of rotatable bonds is 1. The zero-order valence-electron chi connectivity index (χ0n) is 10.7. The second-order valence-electron chi connectivity index (χ2n) is 4.78. The number of pyridine rings is 1. The Labute approximate surface area is 122 Å². The second-order valence-corrected chi connectivity index (χ2v) is 5.70. The lowest BCUT2D eigenvalue weighted by Crippen LogP contribution is -2.02. The third kappa shape index (κ3) is 1.42. The quantitative estimate of drug-likeness (QED) is 0.532. The van der Waals surface area contributed by atoms with Gasteiger partial charge in [0.1, 0.15) is 5.75 Å². The third-order valence-electron chi connectivity index (χ3n) is 3.71. The molecule has 0 aliphatic heterocycles. The van der Waals surface area contributed by atoms with Gasteiger partial charge < -0.3 is 9.14 Å². The van der Waals surface area contributed by atoms with Crippen LogP contribution in [0.4, 0.5) is 0 Å². The molecule has 0 amide bonds. The standard InChI is InChI=1S/C16H10BrNO2/c1-20-10-7-12-11-3-2-9(17)6-14(11)18-5-4-15(19)13(8-10)16(12)18/h2-8H,1H3. The minimum atomic E-state index is 0.0169. The van der Waals surface area contributed by atoms with E-state index in [-0.39, 0.29) is 5.43 Å². The highest BCUT2D eigenvalue weighted by Gasteiger charge is 2.14. The van der Waals surface area contributed by atoms with Crippen LogP contribution in [0.1, 0.15) is 0 Å². The number of aromatic nitrogens is 1. The Morgan fingerprint density at radius 2 is 1.85 bits per heavy atom. The Kier molecular flexibility index (Phi) is 2.32. The zero-order valence-corrected chi connectivity index (χ0v) is 12.3. The highest BCUT2D eigenvalue weighted by molar-refractivity contribution is 9.10. The molecule has 4 aromatic rings. The summed E-state index contributed by atoms with van der Waals surface area (Å²) < 4.78 is 8.40. The van der Waals surface area contributed by atoms with Crippen molar-refractivity contribution in [3.05, 3.63) is 57.3 Å². The van der Waals surface area contributed by atoms with Gasteiger partial charge in [0.05, 0.1) is 23.5 Å². The Morgan fingerprint density at radius 1 is 1.05 bits per heavy atom. The second kappa shape index (κ2) is 3.96. The van der Waals surface area contributed by atoms with Crippen LogP contribution in [-0.4, -0.2) is 11.5 Å². The molecule has 0 N–H and O–H groups in total. The summed E-state index contributed by atoms with van der Waals surface area (Å²) in [6.45, 7) is 0. The predicted octanol–water partition coefficient (Wildman–Crippen LogP) is 3.81. The Balaban J connectivity index is 2.40. The molecule has 2 aromatic carbocycles. The highest BCUT2D eigenvalue weighted by Crippen LogP contribution is 2.34. The van der Waals surface area contributed by atoms with Crippen LogP contribution in [0.25, 0.3) is 27.2 Å². The van der Waals surface area contributed by atoms with E-state index in [1.165, 1.54) is 0 Å². The number of hydrogen-bond acceptors (Lipinski definition) is 2. The Bertz CT molecular complexity index is 1020. The topological polar surface area (TPSA) is 30.7 Å². The monoisotopic (exact) mass is 327 g/mol. The average molecular weight is 328 g/mol. The van der Waals surface area contributed by atoms with Crippen molar-refractivity contribution in [1.82, 2.24) is 4.40 Å². The van der Waals surface area contributed by atoms with Gasteiger partial charge in [-0.05, 0) is 24.3 Å². The van der Waals surface area contributed by atoms with Crippen LogP contribution in [0.2, 0.25) is 0 Å². The molecule has 0 bridgehead atoms. The molecule has 0 atom stereocenters. The van der Waals surface area contributed by atoms with Gasteiger partial charge in [0.15, 0.2) is 5.43 Å². The highest BCUT2D eigenvalue weighted by atomic mass is 79.9. The molecule has 2 heterocycles. The minimum absolute atomic E-state index is 0.0169. The van der Waals surface area contributed by atoms with Crippen LogP contribution in [-0.2, 0) is 0 Å². The number of nitrogens with zero attached hydrogens (tertiary/aromatic N) is 1. The van der Waals surface area contributed by atoms with Crippen LogP contribution in [0.15, 0.2) is 51.9 Å². The number of fused-ring (bicyclic) bond motifs is 3. The molecule has 0 saturated carbocycles. The van der Waals surface area contributed by atoms with Gasteiger partial charge in [0.2, 0.25) is 0 Å². The molecule has 0 unspecified atom stereocenters. The van der Waals surface area contributed by atoms with Crippen molar-refractivity contribution in [2.24, 2.45) is 0 Å². The zero-order chi connectivity index (χ0) is 13.9. The maximum Gasteiger partial charge on any atom is 0.189 e. The van der Waals surface area contributed by atoms with Gasteiger partial charge in [-0.1, -0.05) is 22.0 Å². The van der Waals surface area contributed by atoms with E-state index in [1.807, 2.05) is 18.3 Å². The van der Waals surface area contributed by atoms with E-state index in [2.05, 4.69) is 32.5 Å². The first-order valence-electron chi connectivity index (χ1n) is 6.23. The fourth-order valence-electron chi connectivity index (χ4n) is 2.82. The average Bonchev–Trinajstić information content (AvgIpc) is 2.77. The molecule has 0 spiro atoms. The number of benzene rings is 2. The Morgan fingerprint density at radius 3 is 2.65 bits per heavy atom. The molecular weight excluding hydrogens is 318 g/mol. The summed E-state index contributed by atoms with van der Waals surface area (Å²) in [4.78, 5) is 12.1. The maximum atomic E-state index is 12.1. The van der Waals surface area contributed by atoms with Crippen LogP contribution in [0.5, 0.6) is 5.75 Å². The van der Waals surface area contributed by atoms with Gasteiger partial charge in [-0.15, -0.1) is 0 Å². The van der Waals surface area contributed by atoms with Gasteiger partial charge in [-0.3, -0.25) is 4.79 Å². The van der Waals surface area contributed by atoms with E-state index in [0.717, 1.165) is 26.3 Å². The van der Waals surface area contributed by atoms with Crippen molar-refractivity contribution in [3.63, 3.8) is 0 Å². The fourth-order valence-corrected chi connectivity index (χ4v) is 3.17. The van der Waals surface area contributed by atoms with E-state index >= 15 is 0 Å².